The summed E-state index contributed by atoms with van der Waals surface area (Å²) in [5.41, 5.74) is 2.27. The van der Waals surface area contributed by atoms with Gasteiger partial charge >= 0.3 is 6.09 Å². The molecule has 0 bridgehead atoms. The minimum absolute atomic E-state index is 0.186. The van der Waals surface area contributed by atoms with E-state index in [9.17, 15) is 9.59 Å². The van der Waals surface area contributed by atoms with Gasteiger partial charge in [0.2, 0.25) is 5.91 Å². The molecule has 0 aromatic carbocycles. The van der Waals surface area contributed by atoms with Gasteiger partial charge in [-0.2, -0.15) is 0 Å². The standard InChI is InChI=1S/C7H14N2O3/c1-5(2)12-7(11)9(4)8-6(3)10/h5H,1-4H3,(H,8,10). The third-order valence-corrected chi connectivity index (χ3v) is 0.936. The monoisotopic (exact) mass is 174 g/mol. The Bertz CT molecular complexity index is 179. The summed E-state index contributed by atoms with van der Waals surface area (Å²) >= 11 is 0. The normalized spacial score (nSPS) is 9.42. The number of carbonyl (C=O) groups excluding carboxylic acids is 2. The van der Waals surface area contributed by atoms with E-state index in [-0.39, 0.29) is 12.0 Å². The van der Waals surface area contributed by atoms with Crippen molar-refractivity contribution in [1.82, 2.24) is 10.4 Å². The van der Waals surface area contributed by atoms with E-state index >= 15 is 0 Å². The Labute approximate surface area is 71.6 Å². The van der Waals surface area contributed by atoms with Gasteiger partial charge in [-0.1, -0.05) is 0 Å². The number of hydrogen-bond acceptors (Lipinski definition) is 3. The van der Waals surface area contributed by atoms with Gasteiger partial charge in [-0.15, -0.1) is 0 Å². The molecule has 0 unspecified atom stereocenters. The van der Waals surface area contributed by atoms with Crippen molar-refractivity contribution in [2.45, 2.75) is 26.9 Å². The minimum atomic E-state index is -0.569. The van der Waals surface area contributed by atoms with Gasteiger partial charge in [0.15, 0.2) is 0 Å². The van der Waals surface area contributed by atoms with Crippen molar-refractivity contribution in [3.63, 3.8) is 0 Å². The van der Waals surface area contributed by atoms with Crippen molar-refractivity contribution in [2.24, 2.45) is 0 Å². The fraction of sp³-hybridized carbons (Fsp3) is 0.714. The van der Waals surface area contributed by atoms with Crippen LogP contribution in [0.2, 0.25) is 0 Å². The van der Waals surface area contributed by atoms with Crippen LogP contribution < -0.4 is 5.43 Å². The molecule has 0 aliphatic rings. The van der Waals surface area contributed by atoms with Crippen LogP contribution >= 0.6 is 0 Å². The Morgan fingerprint density at radius 3 is 2.25 bits per heavy atom. The molecule has 0 radical (unpaired) electrons. The smallest absolute Gasteiger partial charge is 0.428 e. The summed E-state index contributed by atoms with van der Waals surface area (Å²) in [6, 6.07) is 0. The van der Waals surface area contributed by atoms with Crippen LogP contribution in [0.4, 0.5) is 4.79 Å². The number of ether oxygens (including phenoxy) is 1. The van der Waals surface area contributed by atoms with Crippen LogP contribution in [-0.4, -0.2) is 30.2 Å². The zero-order valence-electron chi connectivity index (χ0n) is 7.75. The molecular formula is C7H14N2O3. The van der Waals surface area contributed by atoms with Crippen molar-refractivity contribution in [3.05, 3.63) is 0 Å². The molecule has 0 saturated heterocycles. The van der Waals surface area contributed by atoms with Crippen molar-refractivity contribution in [3.8, 4) is 0 Å². The third-order valence-electron chi connectivity index (χ3n) is 0.936. The van der Waals surface area contributed by atoms with E-state index in [1.54, 1.807) is 13.8 Å². The van der Waals surface area contributed by atoms with E-state index in [2.05, 4.69) is 5.43 Å². The first-order chi connectivity index (χ1) is 5.43. The molecule has 0 fully saturated rings. The SMILES string of the molecule is CC(=O)NN(C)C(=O)OC(C)C. The molecule has 0 aliphatic carbocycles. The number of hydrogen-bond donors (Lipinski definition) is 1. The van der Waals surface area contributed by atoms with Crippen LogP contribution in [0.25, 0.3) is 0 Å². The molecule has 12 heavy (non-hydrogen) atoms. The summed E-state index contributed by atoms with van der Waals surface area (Å²) in [7, 11) is 1.42. The van der Waals surface area contributed by atoms with Crippen LogP contribution in [0, 0.1) is 0 Å². The molecule has 2 amide bonds. The maximum atomic E-state index is 11.0. The molecule has 70 valence electrons. The molecule has 0 aromatic rings. The van der Waals surface area contributed by atoms with E-state index in [1.165, 1.54) is 14.0 Å². The lowest BCUT2D eigenvalue weighted by Crippen LogP contribution is -2.43. The molecule has 5 nitrogen and oxygen atoms in total. The van der Waals surface area contributed by atoms with Crippen LogP contribution in [0.3, 0.4) is 0 Å². The molecule has 0 aliphatic heterocycles. The number of nitrogens with zero attached hydrogens (tertiary/aromatic N) is 1. The molecule has 0 rings (SSSR count). The molecule has 0 saturated carbocycles. The first kappa shape index (κ1) is 10.7. The van der Waals surface area contributed by atoms with Crippen molar-refractivity contribution < 1.29 is 14.3 Å². The maximum absolute atomic E-state index is 11.0. The highest BCUT2D eigenvalue weighted by Gasteiger charge is 2.11. The van der Waals surface area contributed by atoms with E-state index < -0.39 is 6.09 Å². The first-order valence-electron chi connectivity index (χ1n) is 3.65. The van der Waals surface area contributed by atoms with Crippen molar-refractivity contribution in [2.75, 3.05) is 7.05 Å². The van der Waals surface area contributed by atoms with E-state index in [1.807, 2.05) is 0 Å². The van der Waals surface area contributed by atoms with Gasteiger partial charge in [-0.05, 0) is 13.8 Å². The van der Waals surface area contributed by atoms with Crippen LogP contribution in [-0.2, 0) is 9.53 Å². The number of hydrazine groups is 1. The fourth-order valence-corrected chi connectivity index (χ4v) is 0.563. The highest BCUT2D eigenvalue weighted by atomic mass is 16.6. The van der Waals surface area contributed by atoms with E-state index in [4.69, 9.17) is 4.74 Å². The second-order valence-corrected chi connectivity index (χ2v) is 2.66. The summed E-state index contributed by atoms with van der Waals surface area (Å²) in [6.07, 6.45) is -0.756. The topological polar surface area (TPSA) is 58.6 Å². The number of carbonyl (C=O) groups is 2. The number of nitrogens with one attached hydrogen (secondary N) is 1. The summed E-state index contributed by atoms with van der Waals surface area (Å²) in [4.78, 5) is 21.5. The fourth-order valence-electron chi connectivity index (χ4n) is 0.563. The molecule has 0 spiro atoms. The summed E-state index contributed by atoms with van der Waals surface area (Å²) in [5, 5.41) is 1.00. The van der Waals surface area contributed by atoms with Gasteiger partial charge < -0.3 is 4.74 Å². The molecule has 0 heterocycles. The highest BCUT2D eigenvalue weighted by molar-refractivity contribution is 5.76. The van der Waals surface area contributed by atoms with Crippen molar-refractivity contribution >= 4 is 12.0 Å². The Morgan fingerprint density at radius 1 is 1.42 bits per heavy atom. The second kappa shape index (κ2) is 4.58. The summed E-state index contributed by atoms with van der Waals surface area (Å²) in [5.74, 6) is -0.307. The zero-order chi connectivity index (χ0) is 9.72. The summed E-state index contributed by atoms with van der Waals surface area (Å²) in [6.45, 7) is 4.79. The van der Waals surface area contributed by atoms with E-state index in [0.29, 0.717) is 0 Å². The quantitative estimate of drug-likeness (QED) is 0.589. The Balaban J connectivity index is 3.85. The lowest BCUT2D eigenvalue weighted by Gasteiger charge is -2.18. The Morgan fingerprint density at radius 2 is 1.92 bits per heavy atom. The minimum Gasteiger partial charge on any atom is -0.445 e. The molecule has 5 heteroatoms. The molecule has 0 aromatic heterocycles. The predicted octanol–water partition coefficient (Wildman–Crippen LogP) is 0.514. The first-order valence-corrected chi connectivity index (χ1v) is 3.65. The predicted molar refractivity (Wildman–Crippen MR) is 43.2 cm³/mol. The number of rotatable bonds is 1. The van der Waals surface area contributed by atoms with E-state index in [0.717, 1.165) is 5.01 Å². The average molecular weight is 174 g/mol. The molecular weight excluding hydrogens is 160 g/mol. The van der Waals surface area contributed by atoms with Gasteiger partial charge in [-0.3, -0.25) is 10.2 Å². The zero-order valence-corrected chi connectivity index (χ0v) is 7.75. The summed E-state index contributed by atoms with van der Waals surface area (Å²) < 4.78 is 4.79. The lowest BCUT2D eigenvalue weighted by molar-refractivity contribution is -0.122. The van der Waals surface area contributed by atoms with Crippen LogP contribution in [0.5, 0.6) is 0 Å². The van der Waals surface area contributed by atoms with Gasteiger partial charge in [0.05, 0.1) is 6.10 Å². The van der Waals surface area contributed by atoms with Crippen molar-refractivity contribution in [1.29, 1.82) is 0 Å². The molecule has 1 N–H and O–H groups in total. The third kappa shape index (κ3) is 4.54. The highest BCUT2D eigenvalue weighted by Crippen LogP contribution is 1.92. The van der Waals surface area contributed by atoms with Crippen LogP contribution in [0.1, 0.15) is 20.8 Å². The second-order valence-electron chi connectivity index (χ2n) is 2.66. The van der Waals surface area contributed by atoms with Gasteiger partial charge in [-0.25, -0.2) is 9.80 Å². The van der Waals surface area contributed by atoms with Gasteiger partial charge in [0.25, 0.3) is 0 Å². The molecule has 0 atom stereocenters. The average Bonchev–Trinajstić information content (AvgIpc) is 1.84. The van der Waals surface area contributed by atoms with Gasteiger partial charge in [0.1, 0.15) is 0 Å². The van der Waals surface area contributed by atoms with Crippen LogP contribution in [0.15, 0.2) is 0 Å². The Kier molecular flexibility index (Phi) is 4.10. The lowest BCUT2D eigenvalue weighted by atomic mass is 10.5. The Hall–Kier alpha value is -1.26. The largest absolute Gasteiger partial charge is 0.445 e. The maximum Gasteiger partial charge on any atom is 0.428 e. The number of amides is 2. The van der Waals surface area contributed by atoms with Gasteiger partial charge in [0, 0.05) is 14.0 Å².